The Morgan fingerprint density at radius 2 is 1.65 bits per heavy atom. The van der Waals surface area contributed by atoms with E-state index in [2.05, 4.69) is 15.3 Å². The summed E-state index contributed by atoms with van der Waals surface area (Å²) in [6.45, 7) is 0. The van der Waals surface area contributed by atoms with Gasteiger partial charge in [0.1, 0.15) is 0 Å². The molecule has 0 fully saturated rings. The van der Waals surface area contributed by atoms with Crippen LogP contribution >= 0.6 is 23.2 Å². The van der Waals surface area contributed by atoms with Gasteiger partial charge in [0.25, 0.3) is 17.5 Å². The number of fused-ring (bicyclic) bond motifs is 1. The number of nitrogens with zero attached hydrogens (tertiary/aromatic N) is 3. The first-order chi connectivity index (χ1) is 14.8. The zero-order valence-electron chi connectivity index (χ0n) is 15.0. The fourth-order valence-corrected chi connectivity index (χ4v) is 3.31. The third-order valence-electron chi connectivity index (χ3n) is 4.15. The highest BCUT2D eigenvalue weighted by Gasteiger charge is 2.20. The van der Waals surface area contributed by atoms with Gasteiger partial charge in [0.05, 0.1) is 26.5 Å². The molecule has 2 aromatic carbocycles. The Morgan fingerprint density at radius 1 is 1.00 bits per heavy atom. The summed E-state index contributed by atoms with van der Waals surface area (Å²) in [5.74, 6) is -0.0607. The zero-order chi connectivity index (χ0) is 22.3. The Balaban J connectivity index is 1.81. The molecule has 4 rings (SSSR count). The van der Waals surface area contributed by atoms with Crippen LogP contribution in [0.3, 0.4) is 0 Å². The summed E-state index contributed by atoms with van der Waals surface area (Å²) in [4.78, 5) is 37.2. The number of benzene rings is 2. The second-order valence-electron chi connectivity index (χ2n) is 6.10. The number of alkyl halides is 2. The van der Waals surface area contributed by atoms with Gasteiger partial charge in [0.15, 0.2) is 11.4 Å². The number of hydrogen-bond acceptors (Lipinski definition) is 6. The molecule has 0 aliphatic carbocycles. The van der Waals surface area contributed by atoms with Crippen LogP contribution in [-0.2, 0) is 0 Å². The number of halogens is 4. The van der Waals surface area contributed by atoms with Crippen molar-refractivity contribution >= 4 is 34.0 Å². The molecule has 4 aromatic rings. The summed E-state index contributed by atoms with van der Waals surface area (Å²) in [5.41, 5.74) is -4.03. The number of hydrogen-bond donors (Lipinski definition) is 2. The zero-order valence-corrected chi connectivity index (χ0v) is 16.5. The monoisotopic (exact) mass is 467 g/mol. The first-order valence-electron chi connectivity index (χ1n) is 8.42. The van der Waals surface area contributed by atoms with Crippen LogP contribution in [0.1, 0.15) is 12.1 Å². The predicted molar refractivity (Wildman–Crippen MR) is 108 cm³/mol. The van der Waals surface area contributed by atoms with E-state index in [1.807, 2.05) is 0 Å². The fraction of sp³-hybridized carbons (Fsp3) is 0.0556. The molecule has 2 N–H and O–H groups in total. The third-order valence-corrected chi connectivity index (χ3v) is 4.71. The minimum absolute atomic E-state index is 0.00562. The molecular weight excluding hydrogens is 459 g/mol. The molecule has 0 amide bonds. The van der Waals surface area contributed by atoms with E-state index in [0.29, 0.717) is 15.5 Å². The quantitative estimate of drug-likeness (QED) is 0.475. The van der Waals surface area contributed by atoms with E-state index in [0.717, 1.165) is 0 Å². The second kappa shape index (κ2) is 7.93. The van der Waals surface area contributed by atoms with Gasteiger partial charge in [-0.15, -0.1) is 5.10 Å². The number of ether oxygens (including phenoxy) is 1. The smallest absolute Gasteiger partial charge is 0.349 e. The summed E-state index contributed by atoms with van der Waals surface area (Å²) in [6.07, 6.45) is -3.20. The van der Waals surface area contributed by atoms with E-state index in [9.17, 15) is 23.2 Å². The van der Waals surface area contributed by atoms with Crippen molar-refractivity contribution in [1.29, 1.82) is 0 Å². The van der Waals surface area contributed by atoms with Crippen molar-refractivity contribution in [3.8, 4) is 17.3 Å². The van der Waals surface area contributed by atoms with Crippen LogP contribution in [0, 0.1) is 0 Å². The molecule has 0 radical (unpaired) electrons. The van der Waals surface area contributed by atoms with Gasteiger partial charge in [0, 0.05) is 0 Å². The Labute approximate surface area is 179 Å². The van der Waals surface area contributed by atoms with E-state index >= 15 is 0 Å². The summed E-state index contributed by atoms with van der Waals surface area (Å²) < 4.78 is 32.2. The van der Waals surface area contributed by atoms with E-state index in [-0.39, 0.29) is 27.4 Å². The maximum Gasteiger partial charge on any atom is 0.349 e. The van der Waals surface area contributed by atoms with Crippen molar-refractivity contribution in [3.05, 3.63) is 83.3 Å². The molecular formula is C18H9Cl2F2N5O4. The molecule has 0 spiro atoms. The number of H-pyrrole nitrogens is 2. The molecule has 9 nitrogen and oxygen atoms in total. The van der Waals surface area contributed by atoms with Crippen LogP contribution in [0.4, 0.5) is 8.78 Å². The molecule has 0 bridgehead atoms. The van der Waals surface area contributed by atoms with Crippen molar-refractivity contribution in [2.75, 3.05) is 0 Å². The molecule has 2 heterocycles. The Hall–Kier alpha value is -3.57. The summed E-state index contributed by atoms with van der Waals surface area (Å²) in [7, 11) is 0. The van der Waals surface area contributed by atoms with Crippen molar-refractivity contribution in [3.63, 3.8) is 0 Å². The summed E-state index contributed by atoms with van der Waals surface area (Å²) in [5, 5.41) is 10.0. The highest BCUT2D eigenvalue weighted by Crippen LogP contribution is 2.38. The van der Waals surface area contributed by atoms with Gasteiger partial charge >= 0.3 is 5.69 Å². The number of aromatic nitrogens is 5. The van der Waals surface area contributed by atoms with E-state index in [4.69, 9.17) is 27.9 Å². The first kappa shape index (κ1) is 20.7. The minimum atomic E-state index is -3.20. The van der Waals surface area contributed by atoms with Crippen molar-refractivity contribution in [2.45, 2.75) is 6.43 Å². The standard InChI is InChI=1S/C18H9Cl2F2N5O4/c19-10-5-7(27-18(30)23-16(29)12(26-27)14(21)22)6-11(20)13(10)31-17-9-4-2-1-3-8(9)15(28)24-25-17/h1-6,14H,(H,24,28)(H,23,29,30). The van der Waals surface area contributed by atoms with Gasteiger partial charge in [-0.05, 0) is 24.3 Å². The largest absolute Gasteiger partial charge is 0.434 e. The summed E-state index contributed by atoms with van der Waals surface area (Å²) in [6, 6.07) is 8.88. The molecule has 0 atom stereocenters. The lowest BCUT2D eigenvalue weighted by Gasteiger charge is -2.12. The molecule has 0 aliphatic heterocycles. The lowest BCUT2D eigenvalue weighted by Crippen LogP contribution is -2.34. The SMILES string of the molecule is O=c1[nH]c(=O)n(-c2cc(Cl)c(Oc3n[nH]c(=O)c4ccccc34)c(Cl)c2)nc1C(F)F. The topological polar surface area (TPSA) is 123 Å². The maximum atomic E-state index is 13.0. The Kier molecular flexibility index (Phi) is 5.29. The molecule has 0 unspecified atom stereocenters. The average molecular weight is 468 g/mol. The molecule has 31 heavy (non-hydrogen) atoms. The molecule has 0 saturated carbocycles. The fourth-order valence-electron chi connectivity index (χ4n) is 2.76. The van der Waals surface area contributed by atoms with Gasteiger partial charge < -0.3 is 4.74 Å². The molecule has 0 aliphatic rings. The Morgan fingerprint density at radius 3 is 2.29 bits per heavy atom. The van der Waals surface area contributed by atoms with Crippen LogP contribution < -0.4 is 21.5 Å². The molecule has 2 aromatic heterocycles. The van der Waals surface area contributed by atoms with Crippen LogP contribution in [0.5, 0.6) is 11.6 Å². The normalized spacial score (nSPS) is 11.3. The van der Waals surface area contributed by atoms with Gasteiger partial charge in [-0.2, -0.15) is 9.78 Å². The second-order valence-corrected chi connectivity index (χ2v) is 6.92. The number of nitrogens with one attached hydrogen (secondary N) is 2. The van der Waals surface area contributed by atoms with Crippen LogP contribution in [0.2, 0.25) is 10.0 Å². The van der Waals surface area contributed by atoms with Crippen LogP contribution in [0.25, 0.3) is 16.5 Å². The van der Waals surface area contributed by atoms with E-state index < -0.39 is 28.9 Å². The average Bonchev–Trinajstić information content (AvgIpc) is 2.72. The lowest BCUT2D eigenvalue weighted by molar-refractivity contribution is 0.141. The van der Waals surface area contributed by atoms with E-state index in [1.54, 1.807) is 29.2 Å². The van der Waals surface area contributed by atoms with Crippen LogP contribution in [-0.4, -0.2) is 25.0 Å². The first-order valence-corrected chi connectivity index (χ1v) is 9.18. The Bertz CT molecular complexity index is 1480. The van der Waals surface area contributed by atoms with Crippen molar-refractivity contribution in [1.82, 2.24) is 25.0 Å². The van der Waals surface area contributed by atoms with Gasteiger partial charge in [-0.3, -0.25) is 14.6 Å². The summed E-state index contributed by atoms with van der Waals surface area (Å²) >= 11 is 12.5. The lowest BCUT2D eigenvalue weighted by atomic mass is 10.2. The number of aromatic amines is 2. The van der Waals surface area contributed by atoms with Gasteiger partial charge in [-0.1, -0.05) is 35.3 Å². The van der Waals surface area contributed by atoms with Crippen molar-refractivity contribution in [2.24, 2.45) is 0 Å². The molecule has 0 saturated heterocycles. The highest BCUT2D eigenvalue weighted by atomic mass is 35.5. The van der Waals surface area contributed by atoms with E-state index in [1.165, 1.54) is 12.1 Å². The number of rotatable bonds is 4. The molecule has 158 valence electrons. The maximum absolute atomic E-state index is 13.0. The highest BCUT2D eigenvalue weighted by molar-refractivity contribution is 6.37. The minimum Gasteiger partial charge on any atom is -0.434 e. The van der Waals surface area contributed by atoms with Crippen molar-refractivity contribution < 1.29 is 13.5 Å². The van der Waals surface area contributed by atoms with Gasteiger partial charge in [-0.25, -0.2) is 18.7 Å². The van der Waals surface area contributed by atoms with Crippen LogP contribution in [0.15, 0.2) is 50.8 Å². The van der Waals surface area contributed by atoms with Gasteiger partial charge in [0.2, 0.25) is 5.88 Å². The predicted octanol–water partition coefficient (Wildman–Crippen LogP) is 3.19. The molecule has 13 heteroatoms. The third kappa shape index (κ3) is 3.80.